The Morgan fingerprint density at radius 1 is 1.06 bits per heavy atom. The molecule has 0 unspecified atom stereocenters. The number of Topliss-reactive ketones (excluding diaryl/α,β-unsaturated/α-hetero) is 1. The van der Waals surface area contributed by atoms with Gasteiger partial charge in [-0.3, -0.25) is 4.79 Å². The molecule has 0 aliphatic heterocycles. The molecule has 0 radical (unpaired) electrons. The minimum atomic E-state index is 0.186. The second-order valence-electron chi connectivity index (χ2n) is 4.48. The van der Waals surface area contributed by atoms with Gasteiger partial charge in [0, 0.05) is 15.6 Å². The molecular weight excluding hydrogens is 335 g/mol. The second-order valence-corrected chi connectivity index (χ2v) is 5.73. The lowest BCUT2D eigenvalue weighted by Gasteiger charge is -2.09. The van der Waals surface area contributed by atoms with Gasteiger partial charge in [-0.2, -0.15) is 0 Å². The minimum absolute atomic E-state index is 0.186. The van der Waals surface area contributed by atoms with Crippen LogP contribution in [0.1, 0.15) is 27.0 Å². The van der Waals surface area contributed by atoms with Crippen LogP contribution < -0.4 is 0 Å². The Balaban J connectivity index is 2.27. The van der Waals surface area contributed by atoms with Crippen LogP contribution in [0.2, 0.25) is 0 Å². The van der Waals surface area contributed by atoms with Gasteiger partial charge in [0.2, 0.25) is 0 Å². The fraction of sp³-hybridized carbons (Fsp3) is 0.188. The van der Waals surface area contributed by atoms with E-state index in [1.807, 2.05) is 30.3 Å². The molecule has 0 saturated carbocycles. The first-order chi connectivity index (χ1) is 8.58. The third kappa shape index (κ3) is 2.99. The molecule has 0 spiro atoms. The molecule has 2 heteroatoms. The molecule has 0 bridgehead atoms. The Labute approximate surface area is 121 Å². The van der Waals surface area contributed by atoms with Crippen LogP contribution in [-0.2, 0) is 6.42 Å². The number of aryl methyl sites for hydroxylation is 2. The second kappa shape index (κ2) is 5.65. The van der Waals surface area contributed by atoms with Crippen LogP contribution in [0.5, 0.6) is 0 Å². The van der Waals surface area contributed by atoms with Gasteiger partial charge < -0.3 is 0 Å². The van der Waals surface area contributed by atoms with Crippen molar-refractivity contribution in [2.24, 2.45) is 0 Å². The van der Waals surface area contributed by atoms with Crippen molar-refractivity contribution < 1.29 is 4.79 Å². The van der Waals surface area contributed by atoms with Crippen molar-refractivity contribution in [3.63, 3.8) is 0 Å². The molecule has 1 nitrogen and oxygen atoms in total. The lowest BCUT2D eigenvalue weighted by molar-refractivity contribution is 0.0992. The van der Waals surface area contributed by atoms with E-state index in [2.05, 4.69) is 48.6 Å². The van der Waals surface area contributed by atoms with Gasteiger partial charge >= 0.3 is 0 Å². The first-order valence-electron chi connectivity index (χ1n) is 5.92. The lowest BCUT2D eigenvalue weighted by Crippen LogP contribution is -2.06. The van der Waals surface area contributed by atoms with Crippen LogP contribution in [-0.4, -0.2) is 5.78 Å². The van der Waals surface area contributed by atoms with E-state index in [9.17, 15) is 4.79 Å². The first kappa shape index (κ1) is 13.3. The van der Waals surface area contributed by atoms with E-state index in [1.165, 1.54) is 11.1 Å². The van der Waals surface area contributed by atoms with E-state index in [4.69, 9.17) is 0 Å². The van der Waals surface area contributed by atoms with Gasteiger partial charge in [-0.05, 0) is 65.3 Å². The van der Waals surface area contributed by atoms with Crippen molar-refractivity contribution in [3.05, 3.63) is 68.3 Å². The van der Waals surface area contributed by atoms with E-state index in [-0.39, 0.29) is 5.78 Å². The molecule has 92 valence electrons. The number of ketones is 1. The van der Waals surface area contributed by atoms with Gasteiger partial charge in [-0.1, -0.05) is 30.3 Å². The standard InChI is InChI=1S/C16H15IO/c1-11-5-3-6-12(2)15(11)10-16(18)13-7-4-8-14(17)9-13/h3-9H,10H2,1-2H3. The SMILES string of the molecule is Cc1cccc(C)c1CC(=O)c1cccc(I)c1. The smallest absolute Gasteiger partial charge is 0.167 e. The molecular formula is C16H15IO. The molecule has 2 aromatic rings. The Kier molecular flexibility index (Phi) is 4.17. The van der Waals surface area contributed by atoms with Gasteiger partial charge in [-0.25, -0.2) is 0 Å². The quantitative estimate of drug-likeness (QED) is 0.595. The summed E-state index contributed by atoms with van der Waals surface area (Å²) in [6.45, 7) is 4.12. The fourth-order valence-electron chi connectivity index (χ4n) is 2.05. The van der Waals surface area contributed by atoms with Gasteiger partial charge in [0.05, 0.1) is 0 Å². The van der Waals surface area contributed by atoms with Gasteiger partial charge in [0.1, 0.15) is 0 Å². The summed E-state index contributed by atoms with van der Waals surface area (Å²) < 4.78 is 1.10. The predicted octanol–water partition coefficient (Wildman–Crippen LogP) is 4.33. The van der Waals surface area contributed by atoms with Crippen LogP contribution in [0.15, 0.2) is 42.5 Å². The van der Waals surface area contributed by atoms with Crippen molar-refractivity contribution in [3.8, 4) is 0 Å². The van der Waals surface area contributed by atoms with Crippen molar-refractivity contribution in [2.75, 3.05) is 0 Å². The predicted molar refractivity (Wildman–Crippen MR) is 83.1 cm³/mol. The summed E-state index contributed by atoms with van der Waals surface area (Å²) >= 11 is 2.23. The summed E-state index contributed by atoms with van der Waals surface area (Å²) in [5, 5.41) is 0. The molecule has 2 rings (SSSR count). The van der Waals surface area contributed by atoms with Crippen LogP contribution in [0.4, 0.5) is 0 Å². The number of halogens is 1. The molecule has 0 aliphatic carbocycles. The Morgan fingerprint density at radius 2 is 1.67 bits per heavy atom. The molecule has 0 fully saturated rings. The molecule has 0 atom stereocenters. The number of hydrogen-bond donors (Lipinski definition) is 0. The summed E-state index contributed by atoms with van der Waals surface area (Å²) in [6.07, 6.45) is 0.485. The first-order valence-corrected chi connectivity index (χ1v) is 6.99. The normalized spacial score (nSPS) is 10.4. The molecule has 0 aliphatic rings. The maximum atomic E-state index is 12.3. The van der Waals surface area contributed by atoms with Crippen molar-refractivity contribution >= 4 is 28.4 Å². The average molecular weight is 350 g/mol. The Morgan fingerprint density at radius 3 is 2.28 bits per heavy atom. The molecule has 0 aromatic heterocycles. The summed E-state index contributed by atoms with van der Waals surface area (Å²) in [5.74, 6) is 0.186. The lowest BCUT2D eigenvalue weighted by atomic mass is 9.96. The summed E-state index contributed by atoms with van der Waals surface area (Å²) in [6, 6.07) is 13.9. The Bertz CT molecular complexity index is 567. The largest absolute Gasteiger partial charge is 0.294 e. The maximum Gasteiger partial charge on any atom is 0.167 e. The highest BCUT2D eigenvalue weighted by Gasteiger charge is 2.10. The topological polar surface area (TPSA) is 17.1 Å². The number of rotatable bonds is 3. The molecule has 2 aromatic carbocycles. The minimum Gasteiger partial charge on any atom is -0.294 e. The monoisotopic (exact) mass is 350 g/mol. The third-order valence-electron chi connectivity index (χ3n) is 3.13. The molecule has 0 amide bonds. The highest BCUT2D eigenvalue weighted by Crippen LogP contribution is 2.17. The van der Waals surface area contributed by atoms with Crippen molar-refractivity contribution in [2.45, 2.75) is 20.3 Å². The number of benzene rings is 2. The van der Waals surface area contributed by atoms with E-state index in [0.717, 1.165) is 14.7 Å². The molecule has 18 heavy (non-hydrogen) atoms. The zero-order valence-electron chi connectivity index (χ0n) is 10.5. The van der Waals surface area contributed by atoms with Crippen LogP contribution in [0.25, 0.3) is 0 Å². The summed E-state index contributed by atoms with van der Waals surface area (Å²) in [4.78, 5) is 12.3. The highest BCUT2D eigenvalue weighted by molar-refractivity contribution is 14.1. The zero-order valence-corrected chi connectivity index (χ0v) is 12.7. The number of hydrogen-bond acceptors (Lipinski definition) is 1. The van der Waals surface area contributed by atoms with Crippen LogP contribution >= 0.6 is 22.6 Å². The van der Waals surface area contributed by atoms with E-state index in [1.54, 1.807) is 0 Å². The van der Waals surface area contributed by atoms with Gasteiger partial charge in [0.25, 0.3) is 0 Å². The van der Waals surface area contributed by atoms with Crippen molar-refractivity contribution in [1.29, 1.82) is 0 Å². The van der Waals surface area contributed by atoms with Gasteiger partial charge in [-0.15, -0.1) is 0 Å². The maximum absolute atomic E-state index is 12.3. The fourth-order valence-corrected chi connectivity index (χ4v) is 2.60. The molecule has 0 heterocycles. The Hall–Kier alpha value is -1.16. The summed E-state index contributed by atoms with van der Waals surface area (Å²) in [5.41, 5.74) is 4.33. The zero-order chi connectivity index (χ0) is 13.1. The van der Waals surface area contributed by atoms with E-state index >= 15 is 0 Å². The molecule has 0 saturated heterocycles. The van der Waals surface area contributed by atoms with Crippen LogP contribution in [0, 0.1) is 17.4 Å². The van der Waals surface area contributed by atoms with Crippen LogP contribution in [0.3, 0.4) is 0 Å². The summed E-state index contributed by atoms with van der Waals surface area (Å²) in [7, 11) is 0. The van der Waals surface area contributed by atoms with Gasteiger partial charge in [0.15, 0.2) is 5.78 Å². The van der Waals surface area contributed by atoms with Crippen molar-refractivity contribution in [1.82, 2.24) is 0 Å². The van der Waals surface area contributed by atoms with E-state index in [0.29, 0.717) is 6.42 Å². The molecule has 0 N–H and O–H groups in total. The van der Waals surface area contributed by atoms with E-state index < -0.39 is 0 Å². The number of carbonyl (C=O) groups excluding carboxylic acids is 1. The average Bonchev–Trinajstić information content (AvgIpc) is 2.34. The third-order valence-corrected chi connectivity index (χ3v) is 3.80. The number of carbonyl (C=O) groups is 1. The highest BCUT2D eigenvalue weighted by atomic mass is 127.